The fraction of sp³-hybridized carbons (Fsp3) is 0.270. The molecule has 2 aliphatic heterocycles. The Kier molecular flexibility index (Phi) is 9.32. The van der Waals surface area contributed by atoms with Crippen molar-refractivity contribution in [3.63, 3.8) is 0 Å². The van der Waals surface area contributed by atoms with E-state index in [4.69, 9.17) is 29.3 Å². The van der Waals surface area contributed by atoms with Crippen molar-refractivity contribution in [1.29, 1.82) is 10.5 Å². The molecule has 2 unspecified atom stereocenters. The van der Waals surface area contributed by atoms with Gasteiger partial charge in [0.2, 0.25) is 0 Å². The molecule has 2 aromatic heterocycles. The van der Waals surface area contributed by atoms with Gasteiger partial charge in [0.15, 0.2) is 23.0 Å². The summed E-state index contributed by atoms with van der Waals surface area (Å²) in [4.78, 5) is 19.8. The topological polar surface area (TPSA) is 205 Å². The maximum absolute atomic E-state index is 12.5. The van der Waals surface area contributed by atoms with Crippen molar-refractivity contribution in [2.45, 2.75) is 65.9 Å². The molecule has 4 aromatic rings. The van der Waals surface area contributed by atoms with Crippen LogP contribution in [-0.4, -0.2) is 31.7 Å². The Hall–Kier alpha value is -7.03. The zero-order chi connectivity index (χ0) is 37.4. The molecular formula is C37H36N12O2. The van der Waals surface area contributed by atoms with Gasteiger partial charge in [0.1, 0.15) is 5.60 Å². The number of hydrogen-bond donors (Lipinski definition) is 5. The number of H-pyrrole nitrogens is 1. The van der Waals surface area contributed by atoms with Gasteiger partial charge in [-0.2, -0.15) is 20.3 Å². The van der Waals surface area contributed by atoms with Gasteiger partial charge in [0.25, 0.3) is 0 Å². The number of nitrogen functional groups attached to an aromatic ring is 2. The summed E-state index contributed by atoms with van der Waals surface area (Å²) in [5, 5.41) is 37.7. The molecule has 14 heteroatoms. The highest BCUT2D eigenvalue weighted by Gasteiger charge is 2.32. The highest BCUT2D eigenvalue weighted by Crippen LogP contribution is 2.41. The fourth-order valence-electron chi connectivity index (χ4n) is 6.22. The van der Waals surface area contributed by atoms with Gasteiger partial charge in [-0.1, -0.05) is 12.1 Å². The van der Waals surface area contributed by atoms with Crippen molar-refractivity contribution in [3.8, 4) is 12.1 Å². The summed E-state index contributed by atoms with van der Waals surface area (Å²) in [6, 6.07) is 15.4. The lowest BCUT2D eigenvalue weighted by molar-refractivity contribution is 0.0523. The van der Waals surface area contributed by atoms with E-state index in [2.05, 4.69) is 47.8 Å². The van der Waals surface area contributed by atoms with E-state index < -0.39 is 17.6 Å². The molecule has 2 aromatic carbocycles. The first-order valence-electron chi connectivity index (χ1n) is 15.8. The number of nitrogens with two attached hydrogens (primary N) is 2. The number of fused-ring (bicyclic) bond motifs is 2. The molecule has 51 heavy (non-hydrogen) atoms. The van der Waals surface area contributed by atoms with Crippen molar-refractivity contribution in [2.75, 3.05) is 11.5 Å². The number of carbonyl (C=O) groups is 1. The highest BCUT2D eigenvalue weighted by atomic mass is 16.6. The van der Waals surface area contributed by atoms with E-state index in [9.17, 15) is 15.3 Å². The van der Waals surface area contributed by atoms with Crippen LogP contribution in [0, 0.1) is 35.8 Å². The normalized spacial score (nSPS) is 17.5. The summed E-state index contributed by atoms with van der Waals surface area (Å²) in [5.41, 5.74) is 19.2. The third kappa shape index (κ3) is 6.55. The number of dihydropyridines is 2. The molecule has 0 saturated carbocycles. The summed E-state index contributed by atoms with van der Waals surface area (Å²) in [6.07, 6.45) is -0.625. The number of carbonyl (C=O) groups excluding carboxylic acids is 1. The number of ether oxygens (including phenoxy) is 1. The first-order chi connectivity index (χ1) is 24.1. The minimum atomic E-state index is -0.671. The highest BCUT2D eigenvalue weighted by molar-refractivity contribution is 5.95. The lowest BCUT2D eigenvalue weighted by Gasteiger charge is -2.26. The second-order valence-corrected chi connectivity index (χ2v) is 13.1. The van der Waals surface area contributed by atoms with Gasteiger partial charge in [0, 0.05) is 33.6 Å². The molecule has 0 spiro atoms. The Morgan fingerprint density at radius 3 is 1.84 bits per heavy atom. The van der Waals surface area contributed by atoms with Crippen LogP contribution in [0.1, 0.15) is 71.4 Å². The first kappa shape index (κ1) is 35.3. The van der Waals surface area contributed by atoms with Gasteiger partial charge in [-0.15, -0.1) is 5.10 Å². The molecule has 4 heterocycles. The number of nitrogens with zero attached hydrogens (tertiary/aromatic N) is 7. The molecule has 0 fully saturated rings. The zero-order valence-electron chi connectivity index (χ0n) is 29.2. The summed E-state index contributed by atoms with van der Waals surface area (Å²) in [7, 11) is 0. The number of hydrogen-bond acceptors (Lipinski definition) is 10. The third-order valence-corrected chi connectivity index (χ3v) is 8.51. The molecule has 0 bridgehead atoms. The zero-order valence-corrected chi connectivity index (χ0v) is 29.2. The molecule has 14 nitrogen and oxygen atoms in total. The minimum Gasteiger partial charge on any atom is -0.442 e. The molecule has 0 aliphatic carbocycles. The van der Waals surface area contributed by atoms with E-state index in [-0.39, 0.29) is 11.7 Å². The SMILES string of the molecule is [C-]#[N+]C1=C(C)NC(C)=C(C#N)C1c1ccc2[nH]nc(N)c2c1.[C-]#[N+]C1=C(C)NC(C)=C(C#N)C1c1ccc2c(c1)c(N)nn2C(=O)OC(C)(C)C. The van der Waals surface area contributed by atoms with E-state index in [1.54, 1.807) is 39.0 Å². The fourth-order valence-corrected chi connectivity index (χ4v) is 6.22. The maximum atomic E-state index is 12.5. The Labute approximate surface area is 295 Å². The standard InChI is InChI=1S/C21H22N6O2.C16H14N6/c1-11-15(10-22)17(18(24-6)12(2)25-11)13-7-8-16-14(9-13)19(23)26-27(16)20(28)29-21(3,4)5;1-8-12(7-17)14(15(19-3)9(2)20-8)10-4-5-13-11(6-10)16(18)22-21-13/h7-9,17,25H,1-5H3,(H2,23,26);4-6,14,20H,1-2H3,(H3,18,21,22). The van der Waals surface area contributed by atoms with E-state index >= 15 is 0 Å². The summed E-state index contributed by atoms with van der Waals surface area (Å²) < 4.78 is 6.52. The van der Waals surface area contributed by atoms with Crippen LogP contribution < -0.4 is 22.1 Å². The summed E-state index contributed by atoms with van der Waals surface area (Å²) >= 11 is 0. The van der Waals surface area contributed by atoms with Crippen LogP contribution in [0.15, 0.2) is 81.7 Å². The van der Waals surface area contributed by atoms with Gasteiger partial charge in [0.05, 0.1) is 59.3 Å². The average Bonchev–Trinajstić information content (AvgIpc) is 3.62. The minimum absolute atomic E-state index is 0.172. The second-order valence-electron chi connectivity index (χ2n) is 13.1. The molecule has 0 saturated heterocycles. The Balaban J connectivity index is 0.000000205. The van der Waals surface area contributed by atoms with Gasteiger partial charge in [-0.25, -0.2) is 14.5 Å². The van der Waals surface area contributed by atoms with Crippen LogP contribution in [0.5, 0.6) is 0 Å². The molecule has 256 valence electrons. The predicted octanol–water partition coefficient (Wildman–Crippen LogP) is 6.82. The number of benzene rings is 2. The lowest BCUT2D eigenvalue weighted by atomic mass is 9.84. The summed E-state index contributed by atoms with van der Waals surface area (Å²) in [6.45, 7) is 27.7. The van der Waals surface area contributed by atoms with E-state index in [0.29, 0.717) is 50.7 Å². The molecule has 0 radical (unpaired) electrons. The van der Waals surface area contributed by atoms with Crippen molar-refractivity contribution in [1.82, 2.24) is 30.6 Å². The van der Waals surface area contributed by atoms with Crippen molar-refractivity contribution < 1.29 is 9.53 Å². The van der Waals surface area contributed by atoms with Crippen LogP contribution >= 0.6 is 0 Å². The largest absolute Gasteiger partial charge is 0.442 e. The van der Waals surface area contributed by atoms with Crippen LogP contribution in [-0.2, 0) is 4.74 Å². The van der Waals surface area contributed by atoms with E-state index in [0.717, 1.165) is 38.1 Å². The average molecular weight is 681 g/mol. The number of nitriles is 2. The Bertz CT molecular complexity index is 2350. The molecule has 2 atom stereocenters. The number of nitrogens with one attached hydrogen (secondary N) is 3. The van der Waals surface area contributed by atoms with Gasteiger partial charge >= 0.3 is 6.09 Å². The molecule has 0 amide bonds. The number of allylic oxidation sites excluding steroid dienone is 6. The lowest BCUT2D eigenvalue weighted by Crippen LogP contribution is -2.27. The maximum Gasteiger partial charge on any atom is 0.435 e. The molecule has 2 aliphatic rings. The number of anilines is 2. The quantitative estimate of drug-likeness (QED) is 0.140. The third-order valence-electron chi connectivity index (χ3n) is 8.51. The Morgan fingerprint density at radius 2 is 1.35 bits per heavy atom. The first-order valence-corrected chi connectivity index (χ1v) is 15.8. The van der Waals surface area contributed by atoms with Gasteiger partial charge in [-0.05, 0) is 83.9 Å². The van der Waals surface area contributed by atoms with Crippen LogP contribution in [0.25, 0.3) is 31.5 Å². The summed E-state index contributed by atoms with van der Waals surface area (Å²) in [5.74, 6) is -0.296. The smallest absolute Gasteiger partial charge is 0.435 e. The van der Waals surface area contributed by atoms with Crippen LogP contribution in [0.3, 0.4) is 0 Å². The second kappa shape index (κ2) is 13.5. The number of rotatable bonds is 2. The van der Waals surface area contributed by atoms with Crippen molar-refractivity contribution in [2.24, 2.45) is 0 Å². The van der Waals surface area contributed by atoms with Gasteiger partial charge < -0.3 is 26.8 Å². The van der Waals surface area contributed by atoms with E-state index in [1.807, 2.05) is 45.9 Å². The number of aromatic nitrogens is 4. The van der Waals surface area contributed by atoms with Crippen molar-refractivity contribution in [3.05, 3.63) is 116 Å². The Morgan fingerprint density at radius 1 is 0.843 bits per heavy atom. The monoisotopic (exact) mass is 680 g/mol. The van der Waals surface area contributed by atoms with Crippen LogP contribution in [0.4, 0.5) is 16.4 Å². The predicted molar refractivity (Wildman–Crippen MR) is 193 cm³/mol. The number of aromatic amines is 1. The molecule has 7 N–H and O–H groups in total. The van der Waals surface area contributed by atoms with E-state index in [1.165, 1.54) is 0 Å². The van der Waals surface area contributed by atoms with Gasteiger partial charge in [-0.3, -0.25) is 5.10 Å². The molecular weight excluding hydrogens is 644 g/mol. The van der Waals surface area contributed by atoms with Crippen LogP contribution in [0.2, 0.25) is 0 Å². The van der Waals surface area contributed by atoms with Crippen molar-refractivity contribution >= 4 is 39.5 Å². The molecule has 6 rings (SSSR count).